The molecule has 0 saturated carbocycles. The lowest BCUT2D eigenvalue weighted by Gasteiger charge is -2.34. The minimum atomic E-state index is -3.37. The molecular weight excluding hydrogens is 317 g/mol. The third kappa shape index (κ3) is 5.53. The second-order valence-corrected chi connectivity index (χ2v) is 7.92. The van der Waals surface area contributed by atoms with Crippen LogP contribution >= 0.6 is 0 Å². The van der Waals surface area contributed by atoms with Crippen molar-refractivity contribution >= 4 is 10.2 Å². The van der Waals surface area contributed by atoms with E-state index in [9.17, 15) is 12.8 Å². The Labute approximate surface area is 138 Å². The molecule has 1 aliphatic rings. The van der Waals surface area contributed by atoms with Crippen LogP contribution in [-0.2, 0) is 16.6 Å². The number of benzene rings is 1. The van der Waals surface area contributed by atoms with Crippen LogP contribution in [0.3, 0.4) is 0 Å². The second-order valence-electron chi connectivity index (χ2n) is 6.21. The number of nitrogens with one attached hydrogen (secondary N) is 1. The van der Waals surface area contributed by atoms with Crippen molar-refractivity contribution in [2.45, 2.75) is 32.7 Å². The van der Waals surface area contributed by atoms with Gasteiger partial charge in [-0.3, -0.25) is 0 Å². The summed E-state index contributed by atoms with van der Waals surface area (Å²) in [7, 11) is -3.37. The van der Waals surface area contributed by atoms with Crippen molar-refractivity contribution in [3.63, 3.8) is 0 Å². The second kappa shape index (κ2) is 8.19. The van der Waals surface area contributed by atoms with Crippen LogP contribution in [0.15, 0.2) is 24.3 Å². The number of rotatable bonds is 7. The van der Waals surface area contributed by atoms with Gasteiger partial charge in [0.05, 0.1) is 0 Å². The Hall–Kier alpha value is -1.02. The van der Waals surface area contributed by atoms with E-state index in [1.54, 1.807) is 6.07 Å². The smallest absolute Gasteiger partial charge is 0.279 e. The minimum Gasteiger partial charge on any atom is -0.301 e. The van der Waals surface area contributed by atoms with Crippen LogP contribution < -0.4 is 4.72 Å². The zero-order valence-corrected chi connectivity index (χ0v) is 14.7. The van der Waals surface area contributed by atoms with Crippen molar-refractivity contribution in [1.82, 2.24) is 13.9 Å². The molecule has 0 bridgehead atoms. The Kier molecular flexibility index (Phi) is 6.52. The molecule has 1 fully saturated rings. The van der Waals surface area contributed by atoms with Crippen molar-refractivity contribution in [2.75, 3.05) is 32.7 Å². The van der Waals surface area contributed by atoms with Crippen LogP contribution in [-0.4, -0.2) is 56.4 Å². The molecule has 0 unspecified atom stereocenters. The fraction of sp³-hybridized carbons (Fsp3) is 0.625. The molecule has 0 atom stereocenters. The topological polar surface area (TPSA) is 52.7 Å². The summed E-state index contributed by atoms with van der Waals surface area (Å²) in [6.45, 7) is 6.93. The van der Waals surface area contributed by atoms with Gasteiger partial charge in [-0.2, -0.15) is 17.4 Å². The van der Waals surface area contributed by atoms with Crippen molar-refractivity contribution in [2.24, 2.45) is 0 Å². The van der Waals surface area contributed by atoms with E-state index in [0.29, 0.717) is 19.5 Å². The lowest BCUT2D eigenvalue weighted by atomic mass is 10.1. The van der Waals surface area contributed by atoms with Crippen LogP contribution in [0.4, 0.5) is 4.39 Å². The normalized spacial score (nSPS) is 17.7. The highest BCUT2D eigenvalue weighted by Crippen LogP contribution is 2.11. The standard InChI is InChI=1S/C16H26FN3O2S/c1-14(2)18-23(21,22)20-12-10-19(11-13-20)9-5-7-15-6-3-4-8-16(15)17/h3-4,6,8,14,18H,5,7,9-13H2,1-2H3. The first kappa shape index (κ1) is 18.3. The van der Waals surface area contributed by atoms with Gasteiger partial charge < -0.3 is 4.90 Å². The van der Waals surface area contributed by atoms with E-state index >= 15 is 0 Å². The summed E-state index contributed by atoms with van der Waals surface area (Å²) < 4.78 is 41.8. The third-order valence-corrected chi connectivity index (χ3v) is 5.75. The minimum absolute atomic E-state index is 0.0983. The van der Waals surface area contributed by atoms with Crippen LogP contribution in [0.1, 0.15) is 25.8 Å². The summed E-state index contributed by atoms with van der Waals surface area (Å²) in [5.41, 5.74) is 0.745. The Bertz CT molecular complexity index is 599. The first-order valence-corrected chi connectivity index (χ1v) is 9.55. The summed E-state index contributed by atoms with van der Waals surface area (Å²) in [5, 5.41) is 0. The highest BCUT2D eigenvalue weighted by atomic mass is 32.2. The number of halogens is 1. The van der Waals surface area contributed by atoms with Gasteiger partial charge >= 0.3 is 0 Å². The predicted molar refractivity (Wildman–Crippen MR) is 89.9 cm³/mol. The van der Waals surface area contributed by atoms with Crippen molar-refractivity contribution in [3.05, 3.63) is 35.6 Å². The average molecular weight is 343 g/mol. The van der Waals surface area contributed by atoms with Crippen molar-refractivity contribution < 1.29 is 12.8 Å². The molecule has 0 aliphatic carbocycles. The molecule has 0 radical (unpaired) electrons. The van der Waals surface area contributed by atoms with Gasteiger partial charge in [-0.1, -0.05) is 18.2 Å². The van der Waals surface area contributed by atoms with Gasteiger partial charge in [0.1, 0.15) is 5.82 Å². The van der Waals surface area contributed by atoms with Gasteiger partial charge in [0.15, 0.2) is 0 Å². The Morgan fingerprint density at radius 2 is 1.83 bits per heavy atom. The monoisotopic (exact) mass is 343 g/mol. The molecule has 2 rings (SSSR count). The summed E-state index contributed by atoms with van der Waals surface area (Å²) in [5.74, 6) is -0.150. The molecule has 1 aromatic carbocycles. The maximum atomic E-state index is 13.5. The third-order valence-electron chi connectivity index (χ3n) is 3.93. The lowest BCUT2D eigenvalue weighted by molar-refractivity contribution is 0.185. The van der Waals surface area contributed by atoms with Crippen molar-refractivity contribution in [1.29, 1.82) is 0 Å². The largest absolute Gasteiger partial charge is 0.301 e. The molecule has 5 nitrogen and oxygen atoms in total. The number of hydrogen-bond donors (Lipinski definition) is 1. The molecule has 23 heavy (non-hydrogen) atoms. The van der Waals surface area contributed by atoms with Crippen LogP contribution in [0.2, 0.25) is 0 Å². The molecule has 1 N–H and O–H groups in total. The fourth-order valence-electron chi connectivity index (χ4n) is 2.76. The maximum Gasteiger partial charge on any atom is 0.279 e. The van der Waals surface area contributed by atoms with E-state index in [0.717, 1.165) is 31.6 Å². The molecule has 7 heteroatoms. The summed E-state index contributed by atoms with van der Waals surface area (Å²) in [6, 6.07) is 6.75. The summed E-state index contributed by atoms with van der Waals surface area (Å²) in [6.07, 6.45) is 1.58. The average Bonchev–Trinajstić information content (AvgIpc) is 2.48. The fourth-order valence-corrected chi connectivity index (χ4v) is 4.15. The molecule has 1 heterocycles. The SMILES string of the molecule is CC(C)NS(=O)(=O)N1CCN(CCCc2ccccc2F)CC1. The van der Waals surface area contributed by atoms with Crippen LogP contribution in [0.25, 0.3) is 0 Å². The highest BCUT2D eigenvalue weighted by Gasteiger charge is 2.26. The molecule has 1 aliphatic heterocycles. The molecule has 1 aromatic rings. The van der Waals surface area contributed by atoms with E-state index in [1.807, 2.05) is 26.0 Å². The van der Waals surface area contributed by atoms with Crippen molar-refractivity contribution in [3.8, 4) is 0 Å². The molecule has 0 spiro atoms. The Morgan fingerprint density at radius 1 is 1.17 bits per heavy atom. The van der Waals surface area contributed by atoms with Crippen LogP contribution in [0.5, 0.6) is 0 Å². The van der Waals surface area contributed by atoms with E-state index in [1.165, 1.54) is 10.4 Å². The zero-order valence-electron chi connectivity index (χ0n) is 13.8. The molecule has 130 valence electrons. The summed E-state index contributed by atoms with van der Waals surface area (Å²) in [4.78, 5) is 2.24. The van der Waals surface area contributed by atoms with E-state index in [2.05, 4.69) is 9.62 Å². The first-order valence-electron chi connectivity index (χ1n) is 8.11. The van der Waals surface area contributed by atoms with Gasteiger partial charge in [-0.25, -0.2) is 4.39 Å². The highest BCUT2D eigenvalue weighted by molar-refractivity contribution is 7.87. The molecule has 0 aromatic heterocycles. The quantitative estimate of drug-likeness (QED) is 0.818. The van der Waals surface area contributed by atoms with Gasteiger partial charge in [0, 0.05) is 32.2 Å². The van der Waals surface area contributed by atoms with Crippen LogP contribution in [0, 0.1) is 5.82 Å². The Morgan fingerprint density at radius 3 is 2.43 bits per heavy atom. The number of piperazine rings is 1. The van der Waals surface area contributed by atoms with E-state index in [-0.39, 0.29) is 11.9 Å². The lowest BCUT2D eigenvalue weighted by Crippen LogP contribution is -2.53. The van der Waals surface area contributed by atoms with Gasteiger partial charge in [0.25, 0.3) is 10.2 Å². The van der Waals surface area contributed by atoms with Gasteiger partial charge in [0.2, 0.25) is 0 Å². The summed E-state index contributed by atoms with van der Waals surface area (Å²) >= 11 is 0. The predicted octanol–water partition coefficient (Wildman–Crippen LogP) is 1.62. The number of aryl methyl sites for hydroxylation is 1. The van der Waals surface area contributed by atoms with Gasteiger partial charge in [-0.15, -0.1) is 0 Å². The molecular formula is C16H26FN3O2S. The first-order chi connectivity index (χ1) is 10.9. The number of nitrogens with zero attached hydrogens (tertiary/aromatic N) is 2. The molecule has 1 saturated heterocycles. The maximum absolute atomic E-state index is 13.5. The van der Waals surface area contributed by atoms with E-state index < -0.39 is 10.2 Å². The van der Waals surface area contributed by atoms with Gasteiger partial charge in [-0.05, 0) is 44.9 Å². The van der Waals surface area contributed by atoms with E-state index in [4.69, 9.17) is 0 Å². The molecule has 0 amide bonds. The number of hydrogen-bond acceptors (Lipinski definition) is 3. The zero-order chi connectivity index (χ0) is 16.9. The Balaban J connectivity index is 1.74.